The number of nitrogens with zero attached hydrogens (tertiary/aromatic N) is 1. The second-order valence-electron chi connectivity index (χ2n) is 3.39. The Balaban J connectivity index is 2.53. The van der Waals surface area contributed by atoms with Crippen LogP contribution in [0.25, 0.3) is 11.3 Å². The summed E-state index contributed by atoms with van der Waals surface area (Å²) in [6.07, 6.45) is 5.09. The van der Waals surface area contributed by atoms with E-state index in [0.29, 0.717) is 0 Å². The van der Waals surface area contributed by atoms with Crippen LogP contribution in [0.1, 0.15) is 11.1 Å². The quantitative estimate of drug-likeness (QED) is 0.748. The van der Waals surface area contributed by atoms with E-state index in [1.54, 1.807) is 18.7 Å². The number of furan rings is 1. The van der Waals surface area contributed by atoms with Gasteiger partial charge in [-0.2, -0.15) is 0 Å². The molecule has 0 fully saturated rings. The maximum Gasteiger partial charge on any atom is 0.0999 e. The van der Waals surface area contributed by atoms with Crippen molar-refractivity contribution in [1.82, 2.24) is 4.98 Å². The molecule has 0 bridgehead atoms. The fraction of sp³-hybridized carbons (Fsp3) is 0.182. The van der Waals surface area contributed by atoms with E-state index in [-0.39, 0.29) is 0 Å². The lowest BCUT2D eigenvalue weighted by atomic mass is 10.1. The SMILES string of the molecule is Cc1cc(-c2cocc2C)ncc1N. The molecule has 3 nitrogen and oxygen atoms in total. The summed E-state index contributed by atoms with van der Waals surface area (Å²) in [5.74, 6) is 0. The van der Waals surface area contributed by atoms with Crippen molar-refractivity contribution in [2.75, 3.05) is 5.73 Å². The number of anilines is 1. The minimum Gasteiger partial charge on any atom is -0.472 e. The third-order valence-electron chi connectivity index (χ3n) is 2.28. The number of hydrogen-bond acceptors (Lipinski definition) is 3. The molecule has 0 aliphatic carbocycles. The van der Waals surface area contributed by atoms with Gasteiger partial charge in [0.05, 0.1) is 30.1 Å². The molecule has 2 aromatic heterocycles. The van der Waals surface area contributed by atoms with E-state index in [1.807, 2.05) is 19.9 Å². The van der Waals surface area contributed by atoms with Gasteiger partial charge in [0.25, 0.3) is 0 Å². The molecule has 0 aliphatic rings. The van der Waals surface area contributed by atoms with Crippen LogP contribution in [0.4, 0.5) is 5.69 Å². The lowest BCUT2D eigenvalue weighted by Crippen LogP contribution is -1.92. The average Bonchev–Trinajstić information content (AvgIpc) is 2.57. The Morgan fingerprint density at radius 1 is 1.21 bits per heavy atom. The van der Waals surface area contributed by atoms with Crippen LogP contribution >= 0.6 is 0 Å². The summed E-state index contributed by atoms with van der Waals surface area (Å²) in [5.41, 5.74) is 10.5. The van der Waals surface area contributed by atoms with Gasteiger partial charge in [-0.05, 0) is 31.0 Å². The Kier molecular flexibility index (Phi) is 2.00. The summed E-state index contributed by atoms with van der Waals surface area (Å²) < 4.78 is 5.10. The molecule has 2 N–H and O–H groups in total. The lowest BCUT2D eigenvalue weighted by Gasteiger charge is -2.02. The third-order valence-corrected chi connectivity index (χ3v) is 2.28. The molecule has 0 aliphatic heterocycles. The normalized spacial score (nSPS) is 10.4. The molecule has 2 heterocycles. The predicted octanol–water partition coefficient (Wildman–Crippen LogP) is 2.54. The Morgan fingerprint density at radius 2 is 2.00 bits per heavy atom. The van der Waals surface area contributed by atoms with Gasteiger partial charge in [0.1, 0.15) is 0 Å². The summed E-state index contributed by atoms with van der Waals surface area (Å²) in [4.78, 5) is 4.26. The van der Waals surface area contributed by atoms with Gasteiger partial charge in [-0.3, -0.25) is 4.98 Å². The first kappa shape index (κ1) is 8.81. The molecule has 0 saturated carbocycles. The van der Waals surface area contributed by atoms with Gasteiger partial charge < -0.3 is 10.2 Å². The largest absolute Gasteiger partial charge is 0.472 e. The zero-order chi connectivity index (χ0) is 10.1. The molecule has 0 saturated heterocycles. The summed E-state index contributed by atoms with van der Waals surface area (Å²) in [6, 6.07) is 1.97. The third kappa shape index (κ3) is 1.37. The Bertz CT molecular complexity index is 460. The standard InChI is InChI=1S/C11H12N2O/c1-7-3-11(13-4-10(7)12)9-6-14-5-8(9)2/h3-6H,12H2,1-2H3. The van der Waals surface area contributed by atoms with E-state index in [2.05, 4.69) is 4.98 Å². The highest BCUT2D eigenvalue weighted by Gasteiger charge is 2.06. The fourth-order valence-corrected chi connectivity index (χ4v) is 1.34. The number of hydrogen-bond donors (Lipinski definition) is 1. The molecule has 3 heteroatoms. The van der Waals surface area contributed by atoms with Crippen molar-refractivity contribution in [1.29, 1.82) is 0 Å². The van der Waals surface area contributed by atoms with Gasteiger partial charge in [0.2, 0.25) is 0 Å². The summed E-state index contributed by atoms with van der Waals surface area (Å²) in [6.45, 7) is 3.96. The van der Waals surface area contributed by atoms with Gasteiger partial charge in [-0.25, -0.2) is 0 Å². The number of nitrogens with two attached hydrogens (primary N) is 1. The first-order chi connectivity index (χ1) is 6.68. The fourth-order valence-electron chi connectivity index (χ4n) is 1.34. The molecular weight excluding hydrogens is 176 g/mol. The molecule has 0 aromatic carbocycles. The lowest BCUT2D eigenvalue weighted by molar-refractivity contribution is 0.566. The first-order valence-electron chi connectivity index (χ1n) is 4.44. The Labute approximate surface area is 82.6 Å². The molecular formula is C11H12N2O. The van der Waals surface area contributed by atoms with Crippen LogP contribution in [0.2, 0.25) is 0 Å². The van der Waals surface area contributed by atoms with Crippen molar-refractivity contribution >= 4 is 5.69 Å². The molecule has 0 radical (unpaired) electrons. The average molecular weight is 188 g/mol. The van der Waals surface area contributed by atoms with Gasteiger partial charge in [0, 0.05) is 5.56 Å². The van der Waals surface area contributed by atoms with E-state index in [1.165, 1.54) is 0 Å². The molecule has 0 unspecified atom stereocenters. The monoisotopic (exact) mass is 188 g/mol. The number of rotatable bonds is 1. The van der Waals surface area contributed by atoms with Crippen molar-refractivity contribution in [2.24, 2.45) is 0 Å². The van der Waals surface area contributed by atoms with Crippen LogP contribution in [-0.4, -0.2) is 4.98 Å². The second kappa shape index (κ2) is 3.18. The number of aryl methyl sites for hydroxylation is 2. The molecule has 0 amide bonds. The summed E-state index contributed by atoms with van der Waals surface area (Å²) in [5, 5.41) is 0. The Morgan fingerprint density at radius 3 is 2.57 bits per heavy atom. The van der Waals surface area contributed by atoms with Crippen molar-refractivity contribution in [3.63, 3.8) is 0 Å². The number of aromatic nitrogens is 1. The van der Waals surface area contributed by atoms with Crippen molar-refractivity contribution in [3.05, 3.63) is 35.9 Å². The predicted molar refractivity (Wildman–Crippen MR) is 55.8 cm³/mol. The van der Waals surface area contributed by atoms with Crippen LogP contribution in [0, 0.1) is 13.8 Å². The van der Waals surface area contributed by atoms with E-state index in [9.17, 15) is 0 Å². The highest BCUT2D eigenvalue weighted by Crippen LogP contribution is 2.24. The first-order valence-corrected chi connectivity index (χ1v) is 4.44. The smallest absolute Gasteiger partial charge is 0.0999 e. The molecule has 72 valence electrons. The van der Waals surface area contributed by atoms with E-state index in [0.717, 1.165) is 28.1 Å². The van der Waals surface area contributed by atoms with Crippen LogP contribution in [-0.2, 0) is 0 Å². The Hall–Kier alpha value is -1.77. The zero-order valence-corrected chi connectivity index (χ0v) is 8.24. The number of pyridine rings is 1. The molecule has 2 rings (SSSR count). The summed E-state index contributed by atoms with van der Waals surface area (Å²) >= 11 is 0. The molecule has 14 heavy (non-hydrogen) atoms. The molecule has 0 spiro atoms. The number of nitrogen functional groups attached to an aromatic ring is 1. The summed E-state index contributed by atoms with van der Waals surface area (Å²) in [7, 11) is 0. The van der Waals surface area contributed by atoms with Crippen molar-refractivity contribution in [2.45, 2.75) is 13.8 Å². The van der Waals surface area contributed by atoms with Crippen LogP contribution < -0.4 is 5.73 Å². The van der Waals surface area contributed by atoms with Crippen LogP contribution in [0.5, 0.6) is 0 Å². The van der Waals surface area contributed by atoms with Gasteiger partial charge >= 0.3 is 0 Å². The minimum absolute atomic E-state index is 0.717. The van der Waals surface area contributed by atoms with Crippen LogP contribution in [0.15, 0.2) is 29.2 Å². The van der Waals surface area contributed by atoms with Crippen molar-refractivity contribution < 1.29 is 4.42 Å². The topological polar surface area (TPSA) is 52.0 Å². The molecule has 2 aromatic rings. The van der Waals surface area contributed by atoms with Gasteiger partial charge in [-0.1, -0.05) is 0 Å². The van der Waals surface area contributed by atoms with Gasteiger partial charge in [0.15, 0.2) is 0 Å². The maximum absolute atomic E-state index is 5.69. The van der Waals surface area contributed by atoms with Gasteiger partial charge in [-0.15, -0.1) is 0 Å². The van der Waals surface area contributed by atoms with E-state index >= 15 is 0 Å². The second-order valence-corrected chi connectivity index (χ2v) is 3.39. The highest BCUT2D eigenvalue weighted by atomic mass is 16.3. The van der Waals surface area contributed by atoms with Crippen LogP contribution in [0.3, 0.4) is 0 Å². The maximum atomic E-state index is 5.69. The zero-order valence-electron chi connectivity index (χ0n) is 8.24. The van der Waals surface area contributed by atoms with E-state index in [4.69, 9.17) is 10.2 Å². The minimum atomic E-state index is 0.717. The molecule has 0 atom stereocenters. The van der Waals surface area contributed by atoms with Crippen molar-refractivity contribution in [3.8, 4) is 11.3 Å². The highest BCUT2D eigenvalue weighted by molar-refractivity contribution is 5.64. The van der Waals surface area contributed by atoms with E-state index < -0.39 is 0 Å².